The van der Waals surface area contributed by atoms with E-state index in [1.165, 1.54) is 0 Å². The summed E-state index contributed by atoms with van der Waals surface area (Å²) in [6, 6.07) is 0. The van der Waals surface area contributed by atoms with Gasteiger partial charge in [0.25, 0.3) is 0 Å². The minimum Gasteiger partial charge on any atom is -0.388 e. The lowest BCUT2D eigenvalue weighted by Crippen LogP contribution is -2.34. The van der Waals surface area contributed by atoms with Crippen LogP contribution in [0.5, 0.6) is 0 Å². The van der Waals surface area contributed by atoms with Gasteiger partial charge in [0.05, 0.1) is 0 Å². The standard InChI is InChI=1S/C11H19N3O2/c1-8-3-5-11(16-2,6-4-8)10-12-9(7-15)13-14-10/h8,15H,3-7H2,1-2H3,(H,12,13,14). The van der Waals surface area contributed by atoms with Gasteiger partial charge in [0.2, 0.25) is 0 Å². The number of aliphatic hydroxyl groups is 1. The number of aromatic amines is 1. The lowest BCUT2D eigenvalue weighted by Gasteiger charge is -2.35. The van der Waals surface area contributed by atoms with Gasteiger partial charge in [-0.15, -0.1) is 0 Å². The van der Waals surface area contributed by atoms with Gasteiger partial charge >= 0.3 is 0 Å². The zero-order chi connectivity index (χ0) is 11.6. The number of aromatic nitrogens is 3. The lowest BCUT2D eigenvalue weighted by atomic mass is 9.79. The van der Waals surface area contributed by atoms with E-state index in [1.807, 2.05) is 0 Å². The molecule has 0 spiro atoms. The second-order valence-corrected chi connectivity index (χ2v) is 4.64. The molecule has 0 radical (unpaired) electrons. The average molecular weight is 225 g/mol. The Morgan fingerprint density at radius 3 is 2.69 bits per heavy atom. The molecule has 0 unspecified atom stereocenters. The minimum absolute atomic E-state index is 0.108. The van der Waals surface area contributed by atoms with Crippen LogP contribution in [-0.4, -0.2) is 27.4 Å². The van der Waals surface area contributed by atoms with Gasteiger partial charge in [0.1, 0.15) is 18.0 Å². The maximum atomic E-state index is 8.97. The Morgan fingerprint density at radius 1 is 1.50 bits per heavy atom. The van der Waals surface area contributed by atoms with Crippen molar-refractivity contribution in [3.05, 3.63) is 11.6 Å². The van der Waals surface area contributed by atoms with Crippen LogP contribution in [-0.2, 0) is 16.9 Å². The number of nitrogens with zero attached hydrogens (tertiary/aromatic N) is 2. The number of H-pyrrole nitrogens is 1. The zero-order valence-corrected chi connectivity index (χ0v) is 9.86. The molecule has 0 aromatic carbocycles. The van der Waals surface area contributed by atoms with E-state index in [2.05, 4.69) is 22.1 Å². The number of hydrogen-bond acceptors (Lipinski definition) is 4. The van der Waals surface area contributed by atoms with Crippen molar-refractivity contribution in [2.75, 3.05) is 7.11 Å². The van der Waals surface area contributed by atoms with Crippen LogP contribution in [0.25, 0.3) is 0 Å². The summed E-state index contributed by atoms with van der Waals surface area (Å²) < 4.78 is 5.64. The quantitative estimate of drug-likeness (QED) is 0.814. The zero-order valence-electron chi connectivity index (χ0n) is 9.86. The molecule has 1 aliphatic carbocycles. The number of aliphatic hydroxyl groups excluding tert-OH is 1. The van der Waals surface area contributed by atoms with Crippen LogP contribution in [0.2, 0.25) is 0 Å². The largest absolute Gasteiger partial charge is 0.388 e. The first-order valence-corrected chi connectivity index (χ1v) is 5.78. The number of hydrogen-bond donors (Lipinski definition) is 2. The molecule has 16 heavy (non-hydrogen) atoms. The first-order chi connectivity index (χ1) is 7.70. The Balaban J connectivity index is 2.20. The first kappa shape index (κ1) is 11.5. The van der Waals surface area contributed by atoms with Crippen molar-refractivity contribution >= 4 is 0 Å². The molecule has 1 aromatic heterocycles. The molecule has 5 nitrogen and oxygen atoms in total. The normalized spacial score (nSPS) is 30.6. The molecule has 0 saturated heterocycles. The van der Waals surface area contributed by atoms with Crippen LogP contribution in [0.3, 0.4) is 0 Å². The Morgan fingerprint density at radius 2 is 2.19 bits per heavy atom. The summed E-state index contributed by atoms with van der Waals surface area (Å²) in [5.74, 6) is 1.94. The fourth-order valence-corrected chi connectivity index (χ4v) is 2.32. The molecule has 0 bridgehead atoms. The van der Waals surface area contributed by atoms with Crippen molar-refractivity contribution in [2.24, 2.45) is 5.92 Å². The Labute approximate surface area is 95.2 Å². The minimum atomic E-state index is -0.351. The highest BCUT2D eigenvalue weighted by Crippen LogP contribution is 2.40. The molecular weight excluding hydrogens is 206 g/mol. The second kappa shape index (κ2) is 4.51. The van der Waals surface area contributed by atoms with E-state index in [0.717, 1.165) is 31.6 Å². The van der Waals surface area contributed by atoms with Crippen LogP contribution in [0.15, 0.2) is 0 Å². The smallest absolute Gasteiger partial charge is 0.182 e. The summed E-state index contributed by atoms with van der Waals surface area (Å²) >= 11 is 0. The van der Waals surface area contributed by atoms with Crippen molar-refractivity contribution in [3.63, 3.8) is 0 Å². The molecule has 2 N–H and O–H groups in total. The van der Waals surface area contributed by atoms with Crippen LogP contribution in [0.4, 0.5) is 0 Å². The first-order valence-electron chi connectivity index (χ1n) is 5.78. The predicted molar refractivity (Wildman–Crippen MR) is 58.6 cm³/mol. The third-order valence-corrected chi connectivity index (χ3v) is 3.56. The van der Waals surface area contributed by atoms with E-state index in [4.69, 9.17) is 9.84 Å². The lowest BCUT2D eigenvalue weighted by molar-refractivity contribution is -0.0595. The summed E-state index contributed by atoms with van der Waals surface area (Å²) in [5, 5.41) is 15.9. The summed E-state index contributed by atoms with van der Waals surface area (Å²) in [6.45, 7) is 2.15. The molecule has 1 saturated carbocycles. The van der Waals surface area contributed by atoms with Crippen molar-refractivity contribution in [1.82, 2.24) is 15.2 Å². The summed E-state index contributed by atoms with van der Waals surface area (Å²) in [4.78, 5) is 4.28. The maximum absolute atomic E-state index is 8.97. The van der Waals surface area contributed by atoms with Crippen molar-refractivity contribution < 1.29 is 9.84 Å². The van der Waals surface area contributed by atoms with E-state index < -0.39 is 0 Å². The molecule has 5 heteroatoms. The maximum Gasteiger partial charge on any atom is 0.182 e. The van der Waals surface area contributed by atoms with Gasteiger partial charge in [-0.2, -0.15) is 5.10 Å². The van der Waals surface area contributed by atoms with Crippen LogP contribution in [0, 0.1) is 5.92 Å². The summed E-state index contributed by atoms with van der Waals surface area (Å²) in [7, 11) is 1.71. The molecular formula is C11H19N3O2. The van der Waals surface area contributed by atoms with E-state index in [1.54, 1.807) is 7.11 Å². The van der Waals surface area contributed by atoms with Crippen molar-refractivity contribution in [1.29, 1.82) is 0 Å². The van der Waals surface area contributed by atoms with E-state index in [0.29, 0.717) is 11.6 Å². The van der Waals surface area contributed by atoms with Gasteiger partial charge < -0.3 is 9.84 Å². The fraction of sp³-hybridized carbons (Fsp3) is 0.818. The summed E-state index contributed by atoms with van der Waals surface area (Å²) in [5.41, 5.74) is -0.351. The highest BCUT2D eigenvalue weighted by Gasteiger charge is 2.39. The van der Waals surface area contributed by atoms with Gasteiger partial charge in [0, 0.05) is 7.11 Å². The highest BCUT2D eigenvalue weighted by molar-refractivity contribution is 5.05. The Hall–Kier alpha value is -0.940. The Kier molecular flexibility index (Phi) is 3.25. The molecule has 90 valence electrons. The monoisotopic (exact) mass is 225 g/mol. The number of nitrogens with one attached hydrogen (secondary N) is 1. The third-order valence-electron chi connectivity index (χ3n) is 3.56. The van der Waals surface area contributed by atoms with Crippen molar-refractivity contribution in [2.45, 2.75) is 44.8 Å². The van der Waals surface area contributed by atoms with E-state index in [9.17, 15) is 0 Å². The number of methoxy groups -OCH3 is 1. The molecule has 1 heterocycles. The molecule has 1 fully saturated rings. The highest BCUT2D eigenvalue weighted by atomic mass is 16.5. The van der Waals surface area contributed by atoms with Gasteiger partial charge in [-0.05, 0) is 31.6 Å². The predicted octanol–water partition coefficient (Wildman–Crippen LogP) is 1.35. The third kappa shape index (κ3) is 1.97. The SMILES string of the molecule is COC1(c2n[nH]c(CO)n2)CCC(C)CC1. The molecule has 1 aromatic rings. The van der Waals surface area contributed by atoms with Gasteiger partial charge in [0.15, 0.2) is 5.82 Å². The number of rotatable bonds is 3. The molecule has 2 rings (SSSR count). The van der Waals surface area contributed by atoms with Gasteiger partial charge in [-0.1, -0.05) is 6.92 Å². The summed E-state index contributed by atoms with van der Waals surface area (Å²) in [6.07, 6.45) is 4.18. The van der Waals surface area contributed by atoms with Crippen LogP contribution in [0.1, 0.15) is 44.3 Å². The van der Waals surface area contributed by atoms with Crippen LogP contribution < -0.4 is 0 Å². The van der Waals surface area contributed by atoms with Crippen LogP contribution >= 0.6 is 0 Å². The van der Waals surface area contributed by atoms with E-state index >= 15 is 0 Å². The average Bonchev–Trinajstić information content (AvgIpc) is 2.80. The van der Waals surface area contributed by atoms with Gasteiger partial charge in [-0.3, -0.25) is 5.10 Å². The van der Waals surface area contributed by atoms with E-state index in [-0.39, 0.29) is 12.2 Å². The molecule has 1 aliphatic rings. The molecule has 0 amide bonds. The van der Waals surface area contributed by atoms with Gasteiger partial charge in [-0.25, -0.2) is 4.98 Å². The molecule has 0 aliphatic heterocycles. The second-order valence-electron chi connectivity index (χ2n) is 4.64. The fourth-order valence-electron chi connectivity index (χ4n) is 2.32. The molecule has 0 atom stereocenters. The number of ether oxygens (including phenoxy) is 1. The topological polar surface area (TPSA) is 71.0 Å². The van der Waals surface area contributed by atoms with Crippen molar-refractivity contribution in [3.8, 4) is 0 Å². The Bertz CT molecular complexity index is 343.